The molecule has 0 spiro atoms. The van der Waals surface area contributed by atoms with Crippen LogP contribution in [-0.2, 0) is 6.54 Å². The highest BCUT2D eigenvalue weighted by atomic mass is 16.6. The van der Waals surface area contributed by atoms with E-state index in [4.69, 9.17) is 5.11 Å². The van der Waals surface area contributed by atoms with Gasteiger partial charge in [0.2, 0.25) is 0 Å². The lowest BCUT2D eigenvalue weighted by atomic mass is 10.4. The third kappa shape index (κ3) is 2.35. The van der Waals surface area contributed by atoms with Crippen LogP contribution in [0.5, 0.6) is 0 Å². The number of aliphatic hydroxyl groups is 1. The Morgan fingerprint density at radius 3 is 3.06 bits per heavy atom. The Morgan fingerprint density at radius 1 is 1.61 bits per heavy atom. The second kappa shape index (κ2) is 4.92. The lowest BCUT2D eigenvalue weighted by Crippen LogP contribution is -2.10. The van der Waals surface area contributed by atoms with Gasteiger partial charge in [-0.2, -0.15) is 0 Å². The van der Waals surface area contributed by atoms with Crippen molar-refractivity contribution in [2.24, 2.45) is 0 Å². The van der Waals surface area contributed by atoms with Crippen molar-refractivity contribution in [2.45, 2.75) is 12.6 Å². The van der Waals surface area contributed by atoms with Gasteiger partial charge >= 0.3 is 5.82 Å². The van der Waals surface area contributed by atoms with Crippen LogP contribution in [0.25, 0.3) is 0 Å². The molecule has 9 nitrogen and oxygen atoms in total. The molecular weight excluding hydrogens is 240 g/mol. The number of rotatable bonds is 5. The van der Waals surface area contributed by atoms with Gasteiger partial charge in [-0.1, -0.05) is 5.21 Å². The summed E-state index contributed by atoms with van der Waals surface area (Å²) in [5.74, 6) is -0.113. The maximum atomic E-state index is 10.7. The first-order chi connectivity index (χ1) is 8.61. The first kappa shape index (κ1) is 12.2. The van der Waals surface area contributed by atoms with Crippen LogP contribution in [0.4, 0.5) is 5.82 Å². The van der Waals surface area contributed by atoms with Gasteiger partial charge in [0.05, 0.1) is 18.8 Å². The summed E-state index contributed by atoms with van der Waals surface area (Å²) in [5, 5.41) is 27.2. The molecule has 1 radical (unpaired) electrons. The average Bonchev–Trinajstić information content (AvgIpc) is 2.97. The van der Waals surface area contributed by atoms with Crippen LogP contribution in [-0.4, -0.2) is 41.2 Å². The van der Waals surface area contributed by atoms with Crippen LogP contribution < -0.4 is 0 Å². The van der Waals surface area contributed by atoms with Crippen molar-refractivity contribution >= 4 is 5.82 Å². The molecule has 0 saturated heterocycles. The molecule has 0 aliphatic rings. The molecule has 0 fully saturated rings. The molecule has 2 aromatic rings. The number of nitro groups is 1. The minimum atomic E-state index is -0.519. The van der Waals surface area contributed by atoms with Crippen LogP contribution >= 0.6 is 0 Å². The minimum Gasteiger partial charge on any atom is -0.394 e. The molecule has 0 aliphatic heterocycles. The highest BCUT2D eigenvalue weighted by Gasteiger charge is 2.15. The molecule has 95 valence electrons. The van der Waals surface area contributed by atoms with Crippen molar-refractivity contribution in [2.75, 3.05) is 6.61 Å². The molecule has 0 bridgehead atoms. The van der Waals surface area contributed by atoms with Gasteiger partial charge in [-0.15, -0.1) is 5.10 Å². The summed E-state index contributed by atoms with van der Waals surface area (Å²) in [5.41, 5.74) is 0.526. The van der Waals surface area contributed by atoms with E-state index in [1.54, 1.807) is 6.20 Å². The van der Waals surface area contributed by atoms with E-state index in [1.807, 2.05) is 0 Å². The monoisotopic (exact) mass is 251 g/mol. The molecule has 18 heavy (non-hydrogen) atoms. The first-order valence-corrected chi connectivity index (χ1v) is 5.11. The molecule has 2 heterocycles. The number of nitrogens with zero attached hydrogens (tertiary/aromatic N) is 6. The predicted molar refractivity (Wildman–Crippen MR) is 59.5 cm³/mol. The number of hydrogen-bond donors (Lipinski definition) is 1. The van der Waals surface area contributed by atoms with Crippen LogP contribution in [0.2, 0.25) is 0 Å². The smallest absolute Gasteiger partial charge is 0.342 e. The standard InChI is InChI=1S/C9H11N6O3/c1-7(5-16)14-4-8(11-12-14)3-13-6-10-2-9(13)15(17)18/h2,4,6-7,16H,1,3,5H2. The van der Waals surface area contributed by atoms with Gasteiger partial charge in [-0.05, 0) is 11.8 Å². The van der Waals surface area contributed by atoms with E-state index >= 15 is 0 Å². The van der Waals surface area contributed by atoms with Crippen molar-refractivity contribution in [3.63, 3.8) is 0 Å². The van der Waals surface area contributed by atoms with E-state index in [0.717, 1.165) is 0 Å². The Labute approximate surface area is 102 Å². The fourth-order valence-corrected chi connectivity index (χ4v) is 1.41. The highest BCUT2D eigenvalue weighted by molar-refractivity contribution is 5.16. The van der Waals surface area contributed by atoms with E-state index in [0.29, 0.717) is 5.69 Å². The summed E-state index contributed by atoms with van der Waals surface area (Å²) in [6, 6.07) is -0.427. The van der Waals surface area contributed by atoms with Crippen LogP contribution in [0.1, 0.15) is 11.7 Å². The highest BCUT2D eigenvalue weighted by Crippen LogP contribution is 2.12. The SMILES string of the molecule is [CH2]C(CO)n1cc(Cn2cncc2[N+](=O)[O-])nn1. The molecule has 0 saturated carbocycles. The molecular formula is C9H11N6O3. The van der Waals surface area contributed by atoms with Crippen molar-refractivity contribution < 1.29 is 10.0 Å². The maximum Gasteiger partial charge on any atom is 0.342 e. The lowest BCUT2D eigenvalue weighted by Gasteiger charge is -2.05. The Bertz CT molecular complexity index is 548. The van der Waals surface area contributed by atoms with Gasteiger partial charge in [-0.25, -0.2) is 14.2 Å². The second-order valence-electron chi connectivity index (χ2n) is 3.66. The Kier molecular flexibility index (Phi) is 3.33. The van der Waals surface area contributed by atoms with Crippen LogP contribution in [0.15, 0.2) is 18.7 Å². The number of imidazole rings is 1. The predicted octanol–water partition coefficient (Wildman–Crippen LogP) is -0.201. The molecule has 1 atom stereocenters. The number of hydrogen-bond acceptors (Lipinski definition) is 6. The van der Waals surface area contributed by atoms with Gasteiger partial charge in [0.1, 0.15) is 18.4 Å². The molecule has 2 aromatic heterocycles. The van der Waals surface area contributed by atoms with Crippen molar-refractivity contribution in [3.05, 3.63) is 41.5 Å². The molecule has 0 amide bonds. The van der Waals surface area contributed by atoms with E-state index in [1.165, 1.54) is 21.8 Å². The van der Waals surface area contributed by atoms with Gasteiger partial charge in [0.25, 0.3) is 0 Å². The van der Waals surface area contributed by atoms with Gasteiger partial charge in [0, 0.05) is 0 Å². The first-order valence-electron chi connectivity index (χ1n) is 5.11. The fourth-order valence-electron chi connectivity index (χ4n) is 1.41. The summed E-state index contributed by atoms with van der Waals surface area (Å²) in [6.07, 6.45) is 4.10. The topological polar surface area (TPSA) is 112 Å². The van der Waals surface area contributed by atoms with Crippen molar-refractivity contribution in [1.29, 1.82) is 0 Å². The Balaban J connectivity index is 2.16. The maximum absolute atomic E-state index is 10.7. The lowest BCUT2D eigenvalue weighted by molar-refractivity contribution is -0.392. The summed E-state index contributed by atoms with van der Waals surface area (Å²) >= 11 is 0. The summed E-state index contributed by atoms with van der Waals surface area (Å²) in [4.78, 5) is 13.9. The Hall–Kier alpha value is -2.29. The van der Waals surface area contributed by atoms with Gasteiger partial charge < -0.3 is 15.2 Å². The minimum absolute atomic E-state index is 0.113. The largest absolute Gasteiger partial charge is 0.394 e. The molecule has 1 unspecified atom stereocenters. The molecule has 2 rings (SSSR count). The van der Waals surface area contributed by atoms with E-state index < -0.39 is 11.0 Å². The zero-order chi connectivity index (χ0) is 13.1. The zero-order valence-electron chi connectivity index (χ0n) is 9.38. The third-order valence-electron chi connectivity index (χ3n) is 2.35. The second-order valence-corrected chi connectivity index (χ2v) is 3.66. The van der Waals surface area contributed by atoms with Gasteiger partial charge in [-0.3, -0.25) is 0 Å². The van der Waals surface area contributed by atoms with E-state index in [9.17, 15) is 10.1 Å². The van der Waals surface area contributed by atoms with E-state index in [-0.39, 0.29) is 19.0 Å². The van der Waals surface area contributed by atoms with Gasteiger partial charge in [0.15, 0.2) is 6.33 Å². The van der Waals surface area contributed by atoms with Crippen LogP contribution in [0, 0.1) is 17.0 Å². The summed E-state index contributed by atoms with van der Waals surface area (Å²) < 4.78 is 2.75. The van der Waals surface area contributed by atoms with E-state index in [2.05, 4.69) is 22.2 Å². The number of aromatic nitrogens is 5. The molecule has 9 heteroatoms. The number of aliphatic hydroxyl groups excluding tert-OH is 1. The average molecular weight is 251 g/mol. The molecule has 0 aliphatic carbocycles. The third-order valence-corrected chi connectivity index (χ3v) is 2.35. The molecule has 0 aromatic carbocycles. The molecule has 1 N–H and O–H groups in total. The van der Waals surface area contributed by atoms with Crippen molar-refractivity contribution in [3.8, 4) is 0 Å². The Morgan fingerprint density at radius 2 is 2.39 bits per heavy atom. The fraction of sp³-hybridized carbons (Fsp3) is 0.333. The zero-order valence-corrected chi connectivity index (χ0v) is 9.38. The summed E-state index contributed by atoms with van der Waals surface area (Å²) in [6.45, 7) is 3.70. The van der Waals surface area contributed by atoms with Crippen molar-refractivity contribution in [1.82, 2.24) is 24.5 Å². The van der Waals surface area contributed by atoms with Crippen LogP contribution in [0.3, 0.4) is 0 Å². The normalized spacial score (nSPS) is 12.6. The quantitative estimate of drug-likeness (QED) is 0.581. The summed E-state index contributed by atoms with van der Waals surface area (Å²) in [7, 11) is 0.